The zero-order valence-electron chi connectivity index (χ0n) is 17.2. The highest BCUT2D eigenvalue weighted by atomic mass is 32.1. The summed E-state index contributed by atoms with van der Waals surface area (Å²) in [6, 6.07) is 9.76. The molecule has 0 aliphatic carbocycles. The molecule has 0 aliphatic heterocycles. The third-order valence-corrected chi connectivity index (χ3v) is 5.15. The third kappa shape index (κ3) is 6.58. The molecule has 3 aromatic rings. The number of hydrogen-bond acceptors (Lipinski definition) is 6. The predicted octanol–water partition coefficient (Wildman–Crippen LogP) is 4.78. The zero-order chi connectivity index (χ0) is 23.3. The van der Waals surface area contributed by atoms with Gasteiger partial charge in [0.15, 0.2) is 23.2 Å². The van der Waals surface area contributed by atoms with Crippen LogP contribution >= 0.6 is 11.3 Å². The van der Waals surface area contributed by atoms with Crippen molar-refractivity contribution in [2.24, 2.45) is 0 Å². The molecular weight excluding hydrogens is 447 g/mol. The molecule has 3 rings (SSSR count). The molecule has 0 saturated carbocycles. The fourth-order valence-electron chi connectivity index (χ4n) is 2.83. The molecule has 0 spiro atoms. The number of amides is 2. The standard InChI is InChI=1S/C21H20F3N3O4S/c1-12(28)25-20-27-15-6-5-14(10-18(15)32-20)26-19(29)8-4-13-3-7-16(17(9-13)30-2)31-11-21(22,23)24/h3,5-7,9-10H,4,8,11H2,1-2H3,(H,26,29)(H,25,27,28). The largest absolute Gasteiger partial charge is 0.493 e. The summed E-state index contributed by atoms with van der Waals surface area (Å²) in [6.45, 7) is -0.0159. The van der Waals surface area contributed by atoms with Gasteiger partial charge in [-0.2, -0.15) is 13.2 Å². The molecule has 7 nitrogen and oxygen atoms in total. The highest BCUT2D eigenvalue weighted by Gasteiger charge is 2.29. The van der Waals surface area contributed by atoms with Crippen LogP contribution in [0.4, 0.5) is 24.0 Å². The van der Waals surface area contributed by atoms with Gasteiger partial charge in [0.25, 0.3) is 0 Å². The second kappa shape index (κ2) is 9.86. The maximum Gasteiger partial charge on any atom is 0.422 e. The Labute approximate surface area is 185 Å². The molecule has 0 saturated heterocycles. The number of alkyl halides is 3. The number of nitrogens with one attached hydrogen (secondary N) is 2. The first-order valence-corrected chi connectivity index (χ1v) is 10.3. The molecule has 1 aromatic heterocycles. The van der Waals surface area contributed by atoms with Gasteiger partial charge in [-0.15, -0.1) is 0 Å². The molecule has 0 aliphatic rings. The van der Waals surface area contributed by atoms with Crippen LogP contribution in [0.3, 0.4) is 0 Å². The van der Waals surface area contributed by atoms with Gasteiger partial charge in [-0.05, 0) is 42.3 Å². The van der Waals surface area contributed by atoms with E-state index in [4.69, 9.17) is 9.47 Å². The van der Waals surface area contributed by atoms with Gasteiger partial charge in [0, 0.05) is 19.0 Å². The molecular formula is C21H20F3N3O4S. The number of fused-ring (bicyclic) bond motifs is 1. The van der Waals surface area contributed by atoms with Crippen LogP contribution in [-0.2, 0) is 16.0 Å². The Morgan fingerprint density at radius 2 is 1.88 bits per heavy atom. The average molecular weight is 467 g/mol. The van der Waals surface area contributed by atoms with E-state index in [1.807, 2.05) is 0 Å². The van der Waals surface area contributed by atoms with Gasteiger partial charge in [-0.1, -0.05) is 17.4 Å². The summed E-state index contributed by atoms with van der Waals surface area (Å²) in [7, 11) is 1.33. The molecule has 2 amide bonds. The number of aryl methyl sites for hydroxylation is 1. The highest BCUT2D eigenvalue weighted by molar-refractivity contribution is 7.22. The van der Waals surface area contributed by atoms with Gasteiger partial charge >= 0.3 is 6.18 Å². The van der Waals surface area contributed by atoms with Gasteiger partial charge in [0.05, 0.1) is 17.3 Å². The molecule has 2 N–H and O–H groups in total. The van der Waals surface area contributed by atoms with Crippen LogP contribution in [0.15, 0.2) is 36.4 Å². The first kappa shape index (κ1) is 23.3. The van der Waals surface area contributed by atoms with Crippen molar-refractivity contribution < 1.29 is 32.2 Å². The normalized spacial score (nSPS) is 11.3. The minimum atomic E-state index is -4.45. The summed E-state index contributed by atoms with van der Waals surface area (Å²) in [5, 5.41) is 5.91. The van der Waals surface area contributed by atoms with Crippen molar-refractivity contribution in [1.29, 1.82) is 0 Å². The Bertz CT molecular complexity index is 1130. The molecule has 0 bridgehead atoms. The zero-order valence-corrected chi connectivity index (χ0v) is 18.0. The van der Waals surface area contributed by atoms with Crippen molar-refractivity contribution in [2.75, 3.05) is 24.4 Å². The van der Waals surface area contributed by atoms with Crippen LogP contribution in [0.5, 0.6) is 11.5 Å². The first-order chi connectivity index (χ1) is 15.1. The number of anilines is 2. The van der Waals surface area contributed by atoms with E-state index in [1.54, 1.807) is 30.3 Å². The minimum Gasteiger partial charge on any atom is -0.493 e. The Balaban J connectivity index is 1.58. The average Bonchev–Trinajstić information content (AvgIpc) is 3.11. The van der Waals surface area contributed by atoms with Crippen LogP contribution in [-0.4, -0.2) is 36.7 Å². The number of thiazole rings is 1. The number of carbonyl (C=O) groups is 2. The summed E-state index contributed by atoms with van der Waals surface area (Å²) in [6.07, 6.45) is -3.93. The lowest BCUT2D eigenvalue weighted by Gasteiger charge is -2.13. The predicted molar refractivity (Wildman–Crippen MR) is 115 cm³/mol. The van der Waals surface area contributed by atoms with Crippen LogP contribution in [0.2, 0.25) is 0 Å². The summed E-state index contributed by atoms with van der Waals surface area (Å²) in [4.78, 5) is 27.8. The van der Waals surface area contributed by atoms with Gasteiger partial charge < -0.3 is 20.1 Å². The summed E-state index contributed by atoms with van der Waals surface area (Å²) >= 11 is 1.30. The smallest absolute Gasteiger partial charge is 0.422 e. The van der Waals surface area contributed by atoms with Crippen LogP contribution in [0.1, 0.15) is 18.9 Å². The lowest BCUT2D eigenvalue weighted by atomic mass is 10.1. The van der Waals surface area contributed by atoms with E-state index in [1.165, 1.54) is 31.4 Å². The lowest BCUT2D eigenvalue weighted by Crippen LogP contribution is -2.19. The van der Waals surface area contributed by atoms with Gasteiger partial charge in [-0.3, -0.25) is 9.59 Å². The van der Waals surface area contributed by atoms with E-state index in [0.717, 1.165) is 4.70 Å². The van der Waals surface area contributed by atoms with Gasteiger partial charge in [0.2, 0.25) is 11.8 Å². The van der Waals surface area contributed by atoms with Crippen LogP contribution in [0.25, 0.3) is 10.2 Å². The number of aromatic nitrogens is 1. The topological polar surface area (TPSA) is 89.5 Å². The maximum atomic E-state index is 12.4. The maximum absolute atomic E-state index is 12.4. The fraction of sp³-hybridized carbons (Fsp3) is 0.286. The second-order valence-electron chi connectivity index (χ2n) is 6.82. The number of methoxy groups -OCH3 is 1. The fourth-order valence-corrected chi connectivity index (χ4v) is 3.79. The summed E-state index contributed by atoms with van der Waals surface area (Å²) < 4.78 is 47.7. The van der Waals surface area contributed by atoms with E-state index in [2.05, 4.69) is 15.6 Å². The Hall–Kier alpha value is -3.34. The second-order valence-corrected chi connectivity index (χ2v) is 7.85. The quantitative estimate of drug-likeness (QED) is 0.498. The molecule has 0 atom stereocenters. The Morgan fingerprint density at radius 1 is 1.09 bits per heavy atom. The molecule has 0 fully saturated rings. The number of carbonyl (C=O) groups excluding carboxylic acids is 2. The van der Waals surface area contributed by atoms with E-state index >= 15 is 0 Å². The van der Waals surface area contributed by atoms with Crippen molar-refractivity contribution in [3.63, 3.8) is 0 Å². The molecule has 11 heteroatoms. The number of rotatable bonds is 8. The third-order valence-electron chi connectivity index (χ3n) is 4.22. The summed E-state index contributed by atoms with van der Waals surface area (Å²) in [5.41, 5.74) is 2.01. The van der Waals surface area contributed by atoms with Crippen molar-refractivity contribution in [3.8, 4) is 11.5 Å². The Kier molecular flexibility index (Phi) is 7.18. The molecule has 32 heavy (non-hydrogen) atoms. The number of hydrogen-bond donors (Lipinski definition) is 2. The lowest BCUT2D eigenvalue weighted by molar-refractivity contribution is -0.153. The van der Waals surface area contributed by atoms with Crippen LogP contribution in [0, 0.1) is 0 Å². The van der Waals surface area contributed by atoms with Crippen molar-refractivity contribution >= 4 is 44.2 Å². The highest BCUT2D eigenvalue weighted by Crippen LogP contribution is 2.31. The number of ether oxygens (including phenoxy) is 2. The SMILES string of the molecule is COc1cc(CCC(=O)Nc2ccc3nc(NC(C)=O)sc3c2)ccc1OCC(F)(F)F. The summed E-state index contributed by atoms with van der Waals surface area (Å²) in [5.74, 6) is -0.297. The minimum absolute atomic E-state index is 0.0190. The van der Waals surface area contributed by atoms with Crippen molar-refractivity contribution in [2.45, 2.75) is 25.9 Å². The number of benzene rings is 2. The van der Waals surface area contributed by atoms with Gasteiger partial charge in [0.1, 0.15) is 0 Å². The molecule has 170 valence electrons. The molecule has 0 radical (unpaired) electrons. The van der Waals surface area contributed by atoms with E-state index in [0.29, 0.717) is 28.3 Å². The monoisotopic (exact) mass is 467 g/mol. The Morgan fingerprint density at radius 3 is 2.56 bits per heavy atom. The first-order valence-electron chi connectivity index (χ1n) is 9.47. The molecule has 2 aromatic carbocycles. The van der Waals surface area contributed by atoms with E-state index in [-0.39, 0.29) is 29.7 Å². The van der Waals surface area contributed by atoms with E-state index < -0.39 is 12.8 Å². The van der Waals surface area contributed by atoms with E-state index in [9.17, 15) is 22.8 Å². The van der Waals surface area contributed by atoms with Crippen molar-refractivity contribution in [3.05, 3.63) is 42.0 Å². The number of halogens is 3. The molecule has 0 unspecified atom stereocenters. The number of nitrogens with zero attached hydrogens (tertiary/aromatic N) is 1. The van der Waals surface area contributed by atoms with Crippen LogP contribution < -0.4 is 20.1 Å². The van der Waals surface area contributed by atoms with Crippen molar-refractivity contribution in [1.82, 2.24) is 4.98 Å². The van der Waals surface area contributed by atoms with Gasteiger partial charge in [-0.25, -0.2) is 4.98 Å². The molecule has 1 heterocycles.